The van der Waals surface area contributed by atoms with Crippen molar-refractivity contribution < 1.29 is 39.6 Å². The Morgan fingerprint density at radius 2 is 0.914 bits per heavy atom. The minimum atomic E-state index is -0.548. The van der Waals surface area contributed by atoms with E-state index in [9.17, 15) is 39.6 Å². The summed E-state index contributed by atoms with van der Waals surface area (Å²) in [6.07, 6.45) is 8.02. The number of phenols is 4. The molecule has 6 rings (SSSR count). The molecule has 2 fully saturated rings. The van der Waals surface area contributed by atoms with E-state index in [-0.39, 0.29) is 47.7 Å². The Hall–Kier alpha value is -5.28. The lowest BCUT2D eigenvalue weighted by atomic mass is 10.1. The van der Waals surface area contributed by atoms with Crippen LogP contribution in [0.15, 0.2) is 94.7 Å². The molecular formula is C42H40Cl2N4O8S2. The summed E-state index contributed by atoms with van der Waals surface area (Å²) in [6.45, 7) is 0. The van der Waals surface area contributed by atoms with E-state index in [1.807, 2.05) is 0 Å². The second-order valence-corrected chi connectivity index (χ2v) is 16.7. The normalized spacial score (nSPS) is 18.0. The van der Waals surface area contributed by atoms with Gasteiger partial charge >= 0.3 is 0 Å². The van der Waals surface area contributed by atoms with Crippen molar-refractivity contribution in [2.45, 2.75) is 62.1 Å². The summed E-state index contributed by atoms with van der Waals surface area (Å²) in [4.78, 5) is 53.8. The van der Waals surface area contributed by atoms with E-state index in [0.717, 1.165) is 36.8 Å². The van der Waals surface area contributed by atoms with E-state index in [1.165, 1.54) is 57.8 Å². The molecule has 4 aromatic rings. The first-order valence-electron chi connectivity index (χ1n) is 18.4. The number of halogens is 2. The van der Waals surface area contributed by atoms with Crippen LogP contribution in [-0.2, 0) is 19.2 Å². The molecule has 2 aliphatic rings. The molecule has 0 aromatic heterocycles. The van der Waals surface area contributed by atoms with E-state index in [4.69, 9.17) is 23.2 Å². The third kappa shape index (κ3) is 10.8. The highest BCUT2D eigenvalue weighted by molar-refractivity contribution is 8.05. The summed E-state index contributed by atoms with van der Waals surface area (Å²) in [7, 11) is 0. The summed E-state index contributed by atoms with van der Waals surface area (Å²) in [5, 5.41) is 41.7. The number of carbonyl (C=O) groups is 4. The molecule has 302 valence electrons. The van der Waals surface area contributed by atoms with Gasteiger partial charge in [0.2, 0.25) is 11.8 Å². The van der Waals surface area contributed by atoms with Gasteiger partial charge in [-0.1, -0.05) is 109 Å². The van der Waals surface area contributed by atoms with E-state index in [2.05, 4.69) is 10.9 Å². The molecule has 0 bridgehead atoms. The lowest BCUT2D eigenvalue weighted by Gasteiger charge is -2.24. The predicted molar refractivity (Wildman–Crippen MR) is 226 cm³/mol. The van der Waals surface area contributed by atoms with E-state index in [1.54, 1.807) is 72.8 Å². The first-order chi connectivity index (χ1) is 27.9. The second-order valence-electron chi connectivity index (χ2n) is 13.6. The number of hydrogen-bond acceptors (Lipinski definition) is 10. The number of nitrogens with one attached hydrogen (secondary N) is 2. The van der Waals surface area contributed by atoms with Crippen molar-refractivity contribution in [3.8, 4) is 23.0 Å². The number of hydrazine groups is 2. The van der Waals surface area contributed by atoms with Crippen molar-refractivity contribution in [2.75, 3.05) is 0 Å². The molecule has 2 saturated heterocycles. The molecule has 2 atom stereocenters. The van der Waals surface area contributed by atoms with Crippen molar-refractivity contribution in [1.29, 1.82) is 0 Å². The summed E-state index contributed by atoms with van der Waals surface area (Å²) < 4.78 is 0. The number of aromatic hydroxyl groups is 4. The Morgan fingerprint density at radius 3 is 1.28 bits per heavy atom. The highest BCUT2D eigenvalue weighted by Gasteiger charge is 2.40. The van der Waals surface area contributed by atoms with Crippen LogP contribution in [-0.4, -0.2) is 54.1 Å². The van der Waals surface area contributed by atoms with Crippen LogP contribution in [0.1, 0.15) is 84.4 Å². The molecule has 12 nitrogen and oxygen atoms in total. The SMILES string of the molecule is O=C(CCCCCCCCC(=O)NN1C(=O)/C(=C/c2ccc(O)c(O)c2)SC1c1ccc(Cl)cc1)NN1C(=O)/C(=C/c2ccc(O)c(O)c2)SC1c1ccc(Cl)cc1. The summed E-state index contributed by atoms with van der Waals surface area (Å²) in [6, 6.07) is 22.5. The van der Waals surface area contributed by atoms with Crippen LogP contribution < -0.4 is 10.9 Å². The van der Waals surface area contributed by atoms with Gasteiger partial charge in [0, 0.05) is 22.9 Å². The summed E-state index contributed by atoms with van der Waals surface area (Å²) >= 11 is 14.7. The van der Waals surface area contributed by atoms with Gasteiger partial charge in [0.05, 0.1) is 9.81 Å². The highest BCUT2D eigenvalue weighted by atomic mass is 35.5. The minimum absolute atomic E-state index is 0.204. The van der Waals surface area contributed by atoms with Crippen molar-refractivity contribution in [3.63, 3.8) is 0 Å². The van der Waals surface area contributed by atoms with Crippen LogP contribution in [0.2, 0.25) is 10.0 Å². The number of amides is 4. The quantitative estimate of drug-likeness (QED) is 0.0384. The van der Waals surface area contributed by atoms with Crippen molar-refractivity contribution in [2.24, 2.45) is 0 Å². The first kappa shape index (κ1) is 42.3. The number of thioether (sulfide) groups is 2. The number of nitrogens with zero attached hydrogens (tertiary/aromatic N) is 2. The van der Waals surface area contributed by atoms with Gasteiger partial charge in [-0.2, -0.15) is 0 Å². The fourth-order valence-corrected chi connectivity index (χ4v) is 8.85. The number of unbranched alkanes of at least 4 members (excludes halogenated alkanes) is 5. The van der Waals surface area contributed by atoms with E-state index >= 15 is 0 Å². The zero-order valence-corrected chi connectivity index (χ0v) is 34.1. The van der Waals surface area contributed by atoms with Gasteiger partial charge in [0.25, 0.3) is 11.8 Å². The highest BCUT2D eigenvalue weighted by Crippen LogP contribution is 2.47. The number of carbonyl (C=O) groups excluding carboxylic acids is 4. The smallest absolute Gasteiger partial charge is 0.280 e. The van der Waals surface area contributed by atoms with Crippen molar-refractivity contribution in [3.05, 3.63) is 127 Å². The maximum Gasteiger partial charge on any atom is 0.280 e. The van der Waals surface area contributed by atoms with E-state index < -0.39 is 22.6 Å². The molecule has 4 amide bonds. The molecule has 0 radical (unpaired) electrons. The fraction of sp³-hybridized carbons (Fsp3) is 0.238. The fourth-order valence-electron chi connectivity index (χ4n) is 6.22. The van der Waals surface area contributed by atoms with Gasteiger partial charge in [0.15, 0.2) is 23.0 Å². The number of rotatable bonds is 15. The molecule has 6 N–H and O–H groups in total. The van der Waals surface area contributed by atoms with Crippen molar-refractivity contribution >= 4 is 82.5 Å². The number of hydrogen-bond donors (Lipinski definition) is 6. The van der Waals surface area contributed by atoms with Crippen LogP contribution in [0.4, 0.5) is 0 Å². The maximum atomic E-state index is 13.5. The third-order valence-corrected chi connectivity index (χ3v) is 12.3. The Bertz CT molecular complexity index is 2080. The molecule has 0 saturated carbocycles. The van der Waals surface area contributed by atoms with Crippen LogP contribution >= 0.6 is 46.7 Å². The first-order valence-corrected chi connectivity index (χ1v) is 21.0. The third-order valence-electron chi connectivity index (χ3n) is 9.26. The zero-order valence-electron chi connectivity index (χ0n) is 30.9. The van der Waals surface area contributed by atoms with Gasteiger partial charge in [-0.05, 0) is 95.8 Å². The Balaban J connectivity index is 0.952. The molecule has 2 unspecified atom stereocenters. The second kappa shape index (κ2) is 19.4. The monoisotopic (exact) mass is 862 g/mol. The van der Waals surface area contributed by atoms with E-state index in [0.29, 0.717) is 43.8 Å². The van der Waals surface area contributed by atoms with Crippen LogP contribution in [0, 0.1) is 0 Å². The Morgan fingerprint density at radius 1 is 0.552 bits per heavy atom. The molecule has 2 aliphatic heterocycles. The molecule has 16 heteroatoms. The average Bonchev–Trinajstić information content (AvgIpc) is 3.66. The molecule has 0 spiro atoms. The summed E-state index contributed by atoms with van der Waals surface area (Å²) in [5.74, 6) is -2.60. The number of benzene rings is 4. The maximum absolute atomic E-state index is 13.5. The number of phenolic OH excluding ortho intramolecular Hbond substituents is 4. The lowest BCUT2D eigenvalue weighted by Crippen LogP contribution is -2.44. The van der Waals surface area contributed by atoms with Gasteiger partial charge < -0.3 is 20.4 Å². The van der Waals surface area contributed by atoms with Crippen LogP contribution in [0.25, 0.3) is 12.2 Å². The average molecular weight is 864 g/mol. The Kier molecular flexibility index (Phi) is 14.2. The molecule has 0 aliphatic carbocycles. The zero-order chi connectivity index (χ0) is 41.3. The molecule has 2 heterocycles. The topological polar surface area (TPSA) is 180 Å². The molecule has 4 aromatic carbocycles. The lowest BCUT2D eigenvalue weighted by molar-refractivity contribution is -0.138. The van der Waals surface area contributed by atoms with Crippen LogP contribution in [0.5, 0.6) is 23.0 Å². The largest absolute Gasteiger partial charge is 0.504 e. The molecule has 58 heavy (non-hydrogen) atoms. The van der Waals surface area contributed by atoms with Gasteiger partial charge in [0.1, 0.15) is 10.7 Å². The van der Waals surface area contributed by atoms with Gasteiger partial charge in [-0.15, -0.1) is 0 Å². The summed E-state index contributed by atoms with van der Waals surface area (Å²) in [5.41, 5.74) is 8.09. The van der Waals surface area contributed by atoms with Crippen molar-refractivity contribution in [1.82, 2.24) is 20.9 Å². The van der Waals surface area contributed by atoms with Gasteiger partial charge in [-0.25, -0.2) is 10.0 Å². The van der Waals surface area contributed by atoms with Gasteiger partial charge in [-0.3, -0.25) is 30.0 Å². The Labute approximate surface area is 353 Å². The standard InChI is InChI=1S/C42H40Cl2N4O8S2/c43-29-15-11-27(12-16-29)41-47(39(55)35(57-41)23-25-9-19-31(49)33(51)21-25)45-37(53)7-5-3-1-2-4-6-8-38(54)46-48-40(56)36(24-26-10-20-32(50)34(52)22-26)58-42(48)28-13-17-30(44)18-14-28/h9-24,41-42,49-52H,1-8H2,(H,45,53)(H,46,54)/b35-23-,36-24-. The predicted octanol–water partition coefficient (Wildman–Crippen LogP) is 8.93. The molecular weight excluding hydrogens is 824 g/mol. The minimum Gasteiger partial charge on any atom is -0.504 e. The van der Waals surface area contributed by atoms with Crippen LogP contribution in [0.3, 0.4) is 0 Å².